The normalized spacial score (nSPS) is 12.2. The molecule has 26 heavy (non-hydrogen) atoms. The Balaban J connectivity index is 0.000000151. The molecule has 0 radical (unpaired) electrons. The zero-order valence-corrected chi connectivity index (χ0v) is 16.3. The van der Waals surface area contributed by atoms with Gasteiger partial charge in [0.05, 0.1) is 17.3 Å². The minimum absolute atomic E-state index is 0.00387. The van der Waals surface area contributed by atoms with Gasteiger partial charge in [-0.05, 0) is 65.8 Å². The third-order valence-corrected chi connectivity index (χ3v) is 3.93. The summed E-state index contributed by atoms with van der Waals surface area (Å²) in [5.74, 6) is 0. The van der Waals surface area contributed by atoms with Crippen LogP contribution < -0.4 is 0 Å². The topological polar surface area (TPSA) is 61.4 Å². The summed E-state index contributed by atoms with van der Waals surface area (Å²) in [7, 11) is 0. The van der Waals surface area contributed by atoms with Crippen molar-refractivity contribution in [1.29, 1.82) is 0 Å². The Morgan fingerprint density at radius 2 is 1.46 bits per heavy atom. The van der Waals surface area contributed by atoms with Crippen LogP contribution in [0.25, 0.3) is 22.1 Å². The van der Waals surface area contributed by atoms with E-state index in [1.165, 1.54) is 0 Å². The number of hydrogen-bond acceptors (Lipinski definition) is 4. The second-order valence-corrected chi connectivity index (χ2v) is 8.30. The van der Waals surface area contributed by atoms with Gasteiger partial charge in [0.15, 0.2) is 11.3 Å². The van der Waals surface area contributed by atoms with Crippen LogP contribution in [0.3, 0.4) is 0 Å². The molecule has 0 spiro atoms. The average Bonchev–Trinajstić information content (AvgIpc) is 3.19. The molecular weight excluding hydrogens is 324 g/mol. The van der Waals surface area contributed by atoms with E-state index in [0.717, 1.165) is 22.1 Å². The standard InChI is InChI=1S/2C10H13N3/c1-10(2,3)13-7-8-5-4-6-11-9(8)12-13;1-10(2,3)13-9-8(7-12-13)5-4-6-11-9/h2*4-7H,1-3H3. The van der Waals surface area contributed by atoms with Crippen LogP contribution >= 0.6 is 0 Å². The SMILES string of the molecule is CC(C)(C)n1cc2cccnc2n1.CC(C)(C)n1ncc2cccnc21. The van der Waals surface area contributed by atoms with Gasteiger partial charge < -0.3 is 0 Å². The fourth-order valence-electron chi connectivity index (χ4n) is 2.55. The number of hydrogen-bond donors (Lipinski definition) is 0. The summed E-state index contributed by atoms with van der Waals surface area (Å²) in [6.45, 7) is 12.7. The molecule has 0 aliphatic heterocycles. The highest BCUT2D eigenvalue weighted by Crippen LogP contribution is 2.19. The van der Waals surface area contributed by atoms with Crippen molar-refractivity contribution in [3.8, 4) is 0 Å². The molecule has 0 aromatic carbocycles. The van der Waals surface area contributed by atoms with Gasteiger partial charge in [-0.25, -0.2) is 14.6 Å². The maximum absolute atomic E-state index is 4.39. The van der Waals surface area contributed by atoms with E-state index in [2.05, 4.69) is 61.7 Å². The second kappa shape index (κ2) is 6.52. The van der Waals surface area contributed by atoms with Gasteiger partial charge in [-0.1, -0.05) is 0 Å². The van der Waals surface area contributed by atoms with Crippen molar-refractivity contribution in [3.05, 3.63) is 49.1 Å². The maximum Gasteiger partial charge on any atom is 0.181 e. The summed E-state index contributed by atoms with van der Waals surface area (Å²) in [6.07, 6.45) is 7.45. The Bertz CT molecular complexity index is 973. The van der Waals surface area contributed by atoms with Crippen LogP contribution in [0, 0.1) is 0 Å². The van der Waals surface area contributed by atoms with E-state index < -0.39 is 0 Å². The van der Waals surface area contributed by atoms with E-state index in [9.17, 15) is 0 Å². The third kappa shape index (κ3) is 3.74. The predicted molar refractivity (Wildman–Crippen MR) is 105 cm³/mol. The Labute approximate surface area is 153 Å². The van der Waals surface area contributed by atoms with Crippen molar-refractivity contribution in [1.82, 2.24) is 29.5 Å². The zero-order chi connectivity index (χ0) is 18.9. The molecular formula is C20H26N6. The zero-order valence-electron chi connectivity index (χ0n) is 16.3. The van der Waals surface area contributed by atoms with Gasteiger partial charge in [-0.15, -0.1) is 0 Å². The summed E-state index contributed by atoms with van der Waals surface area (Å²) in [6, 6.07) is 7.91. The Morgan fingerprint density at radius 1 is 0.808 bits per heavy atom. The molecule has 0 saturated heterocycles. The minimum atomic E-state index is -0.00387. The highest BCUT2D eigenvalue weighted by molar-refractivity contribution is 5.74. The predicted octanol–water partition coefficient (Wildman–Crippen LogP) is 4.37. The van der Waals surface area contributed by atoms with Gasteiger partial charge in [0.1, 0.15) is 0 Å². The van der Waals surface area contributed by atoms with Crippen molar-refractivity contribution >= 4 is 22.1 Å². The van der Waals surface area contributed by atoms with Crippen LogP contribution in [0.15, 0.2) is 49.1 Å². The maximum atomic E-state index is 4.39. The monoisotopic (exact) mass is 350 g/mol. The van der Waals surface area contributed by atoms with Crippen LogP contribution in [0.5, 0.6) is 0 Å². The van der Waals surface area contributed by atoms with Crippen LogP contribution in [0.4, 0.5) is 0 Å². The van der Waals surface area contributed by atoms with Gasteiger partial charge in [0.25, 0.3) is 0 Å². The average molecular weight is 350 g/mol. The molecule has 4 aromatic rings. The number of aromatic nitrogens is 6. The molecule has 0 amide bonds. The van der Waals surface area contributed by atoms with E-state index >= 15 is 0 Å². The first-order valence-electron chi connectivity index (χ1n) is 8.76. The molecule has 0 saturated carbocycles. The molecule has 4 heterocycles. The number of pyridine rings is 2. The van der Waals surface area contributed by atoms with Crippen LogP contribution in [-0.4, -0.2) is 29.5 Å². The van der Waals surface area contributed by atoms with Crippen molar-refractivity contribution in [2.24, 2.45) is 0 Å². The van der Waals surface area contributed by atoms with Crippen LogP contribution in [0.2, 0.25) is 0 Å². The smallest absolute Gasteiger partial charge is 0.181 e. The first-order chi connectivity index (χ1) is 12.2. The minimum Gasteiger partial charge on any atom is -0.265 e. The first-order valence-corrected chi connectivity index (χ1v) is 8.76. The fourth-order valence-corrected chi connectivity index (χ4v) is 2.55. The lowest BCUT2D eigenvalue weighted by Crippen LogP contribution is -2.23. The van der Waals surface area contributed by atoms with Gasteiger partial charge in [-0.3, -0.25) is 4.68 Å². The summed E-state index contributed by atoms with van der Waals surface area (Å²) in [5.41, 5.74) is 1.80. The molecule has 136 valence electrons. The van der Waals surface area contributed by atoms with Crippen LogP contribution in [-0.2, 0) is 11.1 Å². The summed E-state index contributed by atoms with van der Waals surface area (Å²) in [4.78, 5) is 8.49. The Morgan fingerprint density at radius 3 is 2.08 bits per heavy atom. The fraction of sp³-hybridized carbons (Fsp3) is 0.400. The van der Waals surface area contributed by atoms with Gasteiger partial charge in [0, 0.05) is 29.4 Å². The third-order valence-electron chi connectivity index (χ3n) is 3.93. The second-order valence-electron chi connectivity index (χ2n) is 8.30. The molecule has 0 bridgehead atoms. The molecule has 0 aliphatic carbocycles. The summed E-state index contributed by atoms with van der Waals surface area (Å²) >= 11 is 0. The first kappa shape index (κ1) is 18.0. The van der Waals surface area contributed by atoms with Crippen molar-refractivity contribution in [2.75, 3.05) is 0 Å². The van der Waals surface area contributed by atoms with E-state index in [1.807, 2.05) is 46.0 Å². The largest absolute Gasteiger partial charge is 0.265 e. The van der Waals surface area contributed by atoms with Gasteiger partial charge in [-0.2, -0.15) is 10.2 Å². The van der Waals surface area contributed by atoms with Crippen molar-refractivity contribution in [3.63, 3.8) is 0 Å². The lowest BCUT2D eigenvalue weighted by atomic mass is 10.1. The number of rotatable bonds is 0. The quantitative estimate of drug-likeness (QED) is 0.472. The molecule has 4 rings (SSSR count). The van der Waals surface area contributed by atoms with E-state index in [1.54, 1.807) is 12.4 Å². The lowest BCUT2D eigenvalue weighted by molar-refractivity contribution is 0.358. The summed E-state index contributed by atoms with van der Waals surface area (Å²) < 4.78 is 3.90. The molecule has 0 fully saturated rings. The van der Waals surface area contributed by atoms with E-state index in [0.29, 0.717) is 0 Å². The Hall–Kier alpha value is -2.76. The van der Waals surface area contributed by atoms with Crippen LogP contribution in [0.1, 0.15) is 41.5 Å². The highest BCUT2D eigenvalue weighted by atomic mass is 15.3. The molecule has 0 N–H and O–H groups in total. The molecule has 0 unspecified atom stereocenters. The summed E-state index contributed by atoms with van der Waals surface area (Å²) in [5, 5.41) is 10.9. The van der Waals surface area contributed by atoms with Crippen molar-refractivity contribution in [2.45, 2.75) is 52.6 Å². The molecule has 0 atom stereocenters. The van der Waals surface area contributed by atoms with E-state index in [4.69, 9.17) is 0 Å². The molecule has 6 heteroatoms. The van der Waals surface area contributed by atoms with Crippen molar-refractivity contribution < 1.29 is 0 Å². The molecule has 4 aromatic heterocycles. The highest BCUT2D eigenvalue weighted by Gasteiger charge is 2.17. The van der Waals surface area contributed by atoms with Gasteiger partial charge in [0.2, 0.25) is 0 Å². The van der Waals surface area contributed by atoms with E-state index in [-0.39, 0.29) is 11.1 Å². The molecule has 6 nitrogen and oxygen atoms in total. The number of nitrogens with zero attached hydrogens (tertiary/aromatic N) is 6. The Kier molecular flexibility index (Phi) is 4.52. The molecule has 0 aliphatic rings. The number of fused-ring (bicyclic) bond motifs is 2. The van der Waals surface area contributed by atoms with Gasteiger partial charge >= 0.3 is 0 Å². The lowest BCUT2D eigenvalue weighted by Gasteiger charge is -2.19.